The van der Waals surface area contributed by atoms with E-state index in [0.717, 1.165) is 25.9 Å². The molecule has 1 amide bonds. The first-order valence-corrected chi connectivity index (χ1v) is 11.3. The molecule has 2 rings (SSSR count). The van der Waals surface area contributed by atoms with E-state index >= 15 is 0 Å². The van der Waals surface area contributed by atoms with Gasteiger partial charge in [0, 0.05) is 13.1 Å². The Morgan fingerprint density at radius 3 is 1.28 bits per heavy atom. The maximum Gasteiger partial charge on any atom is 0.519 e. The first-order valence-electron chi connectivity index (χ1n) is 11.3. The van der Waals surface area contributed by atoms with Crippen molar-refractivity contribution in [3.05, 3.63) is 0 Å². The van der Waals surface area contributed by atoms with Crippen molar-refractivity contribution < 1.29 is 33.3 Å². The molecule has 32 heavy (non-hydrogen) atoms. The summed E-state index contributed by atoms with van der Waals surface area (Å²) in [6.45, 7) is 19.9. The number of rotatable bonds is 0. The van der Waals surface area contributed by atoms with Crippen molar-refractivity contribution in [3.63, 3.8) is 0 Å². The predicted octanol–water partition coefficient (Wildman–Crippen LogP) is 5.26. The fraction of sp³-hybridized carbons (Fsp3) is 0.870. The van der Waals surface area contributed by atoms with Gasteiger partial charge in [0.1, 0.15) is 16.8 Å². The Labute approximate surface area is 193 Å². The molecule has 0 unspecified atom stereocenters. The number of carbonyl (C=O) groups is 3. The third-order valence-corrected chi connectivity index (χ3v) is 3.66. The molecule has 1 N–H and O–H groups in total. The Kier molecular flexibility index (Phi) is 12.6. The zero-order valence-electron chi connectivity index (χ0n) is 21.5. The first kappa shape index (κ1) is 30.0. The molecule has 0 aliphatic carbocycles. The summed E-state index contributed by atoms with van der Waals surface area (Å²) < 4.78 is 19.0. The third-order valence-electron chi connectivity index (χ3n) is 3.66. The van der Waals surface area contributed by atoms with Gasteiger partial charge in [0.25, 0.3) is 0 Å². The van der Waals surface area contributed by atoms with Gasteiger partial charge in [0.15, 0.2) is 0 Å². The molecule has 2 heterocycles. The standard InChI is InChI=1S/C10H18O5.C9H17NO2.C4H9N/c1-9(2,3)14-7(11)13-8(12)15-10(4,5)6;1-9(2,3)12-8(11)10-6-4-5-7-10;1-2-4-5-3-1/h1-6H3;4-7H2,1-3H3;5H,1-4H2. The van der Waals surface area contributed by atoms with Crippen LogP contribution >= 0.6 is 0 Å². The number of ether oxygens (including phenoxy) is 4. The van der Waals surface area contributed by atoms with Gasteiger partial charge in [-0.1, -0.05) is 0 Å². The Hall–Kier alpha value is -2.03. The number of amides is 1. The lowest BCUT2D eigenvalue weighted by atomic mass is 10.2. The van der Waals surface area contributed by atoms with E-state index in [-0.39, 0.29) is 11.7 Å². The normalized spacial score (nSPS) is 16.1. The second kappa shape index (κ2) is 13.5. The fourth-order valence-electron chi connectivity index (χ4n) is 2.46. The molecule has 0 radical (unpaired) electrons. The number of nitrogens with one attached hydrogen (secondary N) is 1. The van der Waals surface area contributed by atoms with Gasteiger partial charge >= 0.3 is 18.4 Å². The van der Waals surface area contributed by atoms with Crippen molar-refractivity contribution in [2.75, 3.05) is 26.2 Å². The van der Waals surface area contributed by atoms with Crippen LogP contribution in [-0.2, 0) is 18.9 Å². The highest BCUT2D eigenvalue weighted by Gasteiger charge is 2.25. The third kappa shape index (κ3) is 18.7. The highest BCUT2D eigenvalue weighted by Crippen LogP contribution is 2.14. The molecule has 0 spiro atoms. The van der Waals surface area contributed by atoms with Gasteiger partial charge in [0.2, 0.25) is 0 Å². The molecule has 0 aromatic rings. The highest BCUT2D eigenvalue weighted by molar-refractivity contribution is 5.77. The number of carbonyl (C=O) groups excluding carboxylic acids is 3. The Balaban J connectivity index is 0.000000499. The van der Waals surface area contributed by atoms with E-state index in [4.69, 9.17) is 14.2 Å². The number of hydrogen-bond donors (Lipinski definition) is 1. The maximum absolute atomic E-state index is 11.4. The van der Waals surface area contributed by atoms with Crippen molar-refractivity contribution >= 4 is 18.4 Å². The molecule has 0 aromatic heterocycles. The summed E-state index contributed by atoms with van der Waals surface area (Å²) in [6.07, 6.45) is 2.71. The highest BCUT2D eigenvalue weighted by atomic mass is 16.8. The molecular formula is C23H44N2O7. The molecule has 0 saturated carbocycles. The maximum atomic E-state index is 11.4. The van der Waals surface area contributed by atoms with Crippen LogP contribution in [0.5, 0.6) is 0 Å². The first-order chi connectivity index (χ1) is 14.5. The predicted molar refractivity (Wildman–Crippen MR) is 123 cm³/mol. The lowest BCUT2D eigenvalue weighted by Crippen LogP contribution is -2.34. The quantitative estimate of drug-likeness (QED) is 0.297. The zero-order chi connectivity index (χ0) is 25.0. The average molecular weight is 461 g/mol. The lowest BCUT2D eigenvalue weighted by molar-refractivity contribution is -0.0294. The van der Waals surface area contributed by atoms with E-state index in [2.05, 4.69) is 10.1 Å². The summed E-state index contributed by atoms with van der Waals surface area (Å²) >= 11 is 0. The second-order valence-corrected chi connectivity index (χ2v) is 10.7. The van der Waals surface area contributed by atoms with Gasteiger partial charge in [-0.25, -0.2) is 14.4 Å². The van der Waals surface area contributed by atoms with Crippen LogP contribution < -0.4 is 5.32 Å². The van der Waals surface area contributed by atoms with Crippen LogP contribution in [-0.4, -0.2) is 66.3 Å². The fourth-order valence-corrected chi connectivity index (χ4v) is 2.46. The molecule has 2 saturated heterocycles. The molecule has 188 valence electrons. The summed E-state index contributed by atoms with van der Waals surface area (Å²) in [5.74, 6) is 0. The van der Waals surface area contributed by atoms with Crippen LogP contribution in [0.15, 0.2) is 0 Å². The van der Waals surface area contributed by atoms with Gasteiger partial charge in [0.05, 0.1) is 0 Å². The van der Waals surface area contributed by atoms with E-state index in [0.29, 0.717) is 0 Å². The van der Waals surface area contributed by atoms with Crippen molar-refractivity contribution in [2.45, 2.75) is 105 Å². The molecule has 0 bridgehead atoms. The average Bonchev–Trinajstić information content (AvgIpc) is 3.27. The van der Waals surface area contributed by atoms with Gasteiger partial charge in [-0.05, 0) is 101 Å². The van der Waals surface area contributed by atoms with Crippen molar-refractivity contribution in [1.29, 1.82) is 0 Å². The summed E-state index contributed by atoms with van der Waals surface area (Å²) in [6, 6.07) is 0. The van der Waals surface area contributed by atoms with Crippen LogP contribution in [0.25, 0.3) is 0 Å². The van der Waals surface area contributed by atoms with Crippen molar-refractivity contribution in [3.8, 4) is 0 Å². The van der Waals surface area contributed by atoms with Gasteiger partial charge < -0.3 is 29.2 Å². The molecule has 9 heteroatoms. The minimum absolute atomic E-state index is 0.167. The smallest absolute Gasteiger partial charge is 0.444 e. The number of likely N-dealkylation sites (tertiary alicyclic amines) is 1. The van der Waals surface area contributed by atoms with Crippen molar-refractivity contribution in [1.82, 2.24) is 10.2 Å². The number of hydrogen-bond acceptors (Lipinski definition) is 8. The van der Waals surface area contributed by atoms with E-state index in [1.54, 1.807) is 46.4 Å². The Morgan fingerprint density at radius 1 is 0.625 bits per heavy atom. The summed E-state index contributed by atoms with van der Waals surface area (Å²) in [7, 11) is 0. The molecular weight excluding hydrogens is 416 g/mol. The number of nitrogens with zero attached hydrogens (tertiary/aromatic N) is 1. The zero-order valence-corrected chi connectivity index (χ0v) is 21.5. The monoisotopic (exact) mass is 460 g/mol. The summed E-state index contributed by atoms with van der Waals surface area (Å²) in [4.78, 5) is 35.2. The van der Waals surface area contributed by atoms with E-state index in [1.807, 2.05) is 20.8 Å². The molecule has 2 aliphatic rings. The minimum Gasteiger partial charge on any atom is -0.444 e. The largest absolute Gasteiger partial charge is 0.519 e. The molecule has 0 atom stereocenters. The van der Waals surface area contributed by atoms with E-state index in [1.165, 1.54) is 25.9 Å². The Morgan fingerprint density at radius 2 is 1.00 bits per heavy atom. The van der Waals surface area contributed by atoms with Crippen LogP contribution in [0.1, 0.15) is 88.0 Å². The topological polar surface area (TPSA) is 103 Å². The molecule has 0 aromatic carbocycles. The Bertz CT molecular complexity index is 543. The molecule has 9 nitrogen and oxygen atoms in total. The summed E-state index contributed by atoms with van der Waals surface area (Å²) in [5, 5.41) is 3.22. The summed E-state index contributed by atoms with van der Waals surface area (Å²) in [5.41, 5.74) is -1.75. The van der Waals surface area contributed by atoms with E-state index < -0.39 is 23.5 Å². The second-order valence-electron chi connectivity index (χ2n) is 10.7. The van der Waals surface area contributed by atoms with E-state index in [9.17, 15) is 14.4 Å². The van der Waals surface area contributed by atoms with Crippen molar-refractivity contribution in [2.24, 2.45) is 0 Å². The van der Waals surface area contributed by atoms with Crippen LogP contribution in [0.2, 0.25) is 0 Å². The van der Waals surface area contributed by atoms with Crippen LogP contribution in [0.3, 0.4) is 0 Å². The molecule has 2 fully saturated rings. The van der Waals surface area contributed by atoms with Gasteiger partial charge in [-0.15, -0.1) is 0 Å². The van der Waals surface area contributed by atoms with Crippen LogP contribution in [0.4, 0.5) is 14.4 Å². The minimum atomic E-state index is -1.06. The van der Waals surface area contributed by atoms with Gasteiger partial charge in [-0.3, -0.25) is 0 Å². The van der Waals surface area contributed by atoms with Crippen LogP contribution in [0, 0.1) is 0 Å². The lowest BCUT2D eigenvalue weighted by Gasteiger charge is -2.23. The SMILES string of the molecule is C1CCNC1.CC(C)(C)OC(=O)N1CCCC1.CC(C)(C)OC(=O)OC(=O)OC(C)(C)C. The van der Waals surface area contributed by atoms with Gasteiger partial charge in [-0.2, -0.15) is 0 Å². The molecule has 2 aliphatic heterocycles.